The predicted octanol–water partition coefficient (Wildman–Crippen LogP) is 2.58. The van der Waals surface area contributed by atoms with Crippen LogP contribution in [-0.2, 0) is 26.2 Å². The lowest BCUT2D eigenvalue weighted by atomic mass is 9.93. The van der Waals surface area contributed by atoms with Crippen molar-refractivity contribution in [2.24, 2.45) is 7.05 Å². The van der Waals surface area contributed by atoms with E-state index in [0.29, 0.717) is 49.6 Å². The van der Waals surface area contributed by atoms with Gasteiger partial charge < -0.3 is 19.3 Å². The Morgan fingerprint density at radius 3 is 2.35 bits per heavy atom. The summed E-state index contributed by atoms with van der Waals surface area (Å²) in [6, 6.07) is 5.40. The molecule has 0 radical (unpaired) electrons. The van der Waals surface area contributed by atoms with E-state index in [1.54, 1.807) is 33.7 Å². The fraction of sp³-hybridized carbons (Fsp3) is 0.577. The van der Waals surface area contributed by atoms with Crippen molar-refractivity contribution in [3.8, 4) is 5.75 Å². The Morgan fingerprint density at radius 1 is 1.08 bits per heavy atom. The Labute approximate surface area is 217 Å². The van der Waals surface area contributed by atoms with Gasteiger partial charge in [0.1, 0.15) is 16.9 Å². The van der Waals surface area contributed by atoms with Gasteiger partial charge in [0.2, 0.25) is 11.8 Å². The second kappa shape index (κ2) is 11.6. The molecule has 0 bridgehead atoms. The van der Waals surface area contributed by atoms with E-state index in [1.807, 2.05) is 40.7 Å². The number of nitrogens with zero attached hydrogens (tertiary/aromatic N) is 4. The lowest BCUT2D eigenvalue weighted by Crippen LogP contribution is -2.52. The average molecular weight is 516 g/mol. The van der Waals surface area contributed by atoms with E-state index in [0.717, 1.165) is 5.39 Å². The Bertz CT molecular complexity index is 1160. The number of fused-ring (bicyclic) bond motifs is 1. The highest BCUT2D eigenvalue weighted by molar-refractivity contribution is 6.03. The number of nitrogens with one attached hydrogen (secondary N) is 1. The quantitative estimate of drug-likeness (QED) is 0.621. The number of hydrogen-bond donors (Lipinski definition) is 1. The van der Waals surface area contributed by atoms with Gasteiger partial charge in [-0.05, 0) is 33.3 Å². The van der Waals surface area contributed by atoms with E-state index in [1.165, 1.54) is 0 Å². The van der Waals surface area contributed by atoms with Crippen molar-refractivity contribution >= 4 is 34.7 Å². The first-order chi connectivity index (χ1) is 17.5. The molecule has 37 heavy (non-hydrogen) atoms. The Hall–Kier alpha value is -3.63. The summed E-state index contributed by atoms with van der Waals surface area (Å²) in [5.74, 6) is -0.848. The van der Waals surface area contributed by atoms with Gasteiger partial charge in [-0.15, -0.1) is 0 Å². The highest BCUT2D eigenvalue weighted by atomic mass is 16.6. The normalized spacial score (nSPS) is 18.2. The maximum Gasteiger partial charge on any atom is 0.410 e. The number of carbonyl (C=O) groups is 4. The second-order valence-corrected chi connectivity index (χ2v) is 9.80. The number of amides is 4. The Balaban J connectivity index is 0.00000186. The van der Waals surface area contributed by atoms with Gasteiger partial charge in [0.15, 0.2) is 6.61 Å². The van der Waals surface area contributed by atoms with Crippen LogP contribution < -0.4 is 10.1 Å². The van der Waals surface area contributed by atoms with Crippen LogP contribution in [0.15, 0.2) is 18.2 Å². The van der Waals surface area contributed by atoms with Gasteiger partial charge in [-0.3, -0.25) is 24.4 Å². The fourth-order valence-electron chi connectivity index (χ4n) is 4.35. The maximum absolute atomic E-state index is 12.8. The number of hydrogen-bond acceptors (Lipinski definition) is 7. The highest BCUT2D eigenvalue weighted by Gasteiger charge is 2.32. The SMILES string of the molecule is CC.Cn1nc(C2CCC(=O)NC2=O)c2cccc(OCC(=O)N3CCN(C(=O)OC(C)(C)C)CC3)c21. The van der Waals surface area contributed by atoms with Gasteiger partial charge in [0.25, 0.3) is 5.91 Å². The summed E-state index contributed by atoms with van der Waals surface area (Å²) in [5, 5.41) is 7.66. The zero-order valence-electron chi connectivity index (χ0n) is 22.5. The summed E-state index contributed by atoms with van der Waals surface area (Å²) >= 11 is 0. The maximum atomic E-state index is 12.8. The topological polar surface area (TPSA) is 123 Å². The van der Waals surface area contributed by atoms with Crippen molar-refractivity contribution in [3.63, 3.8) is 0 Å². The number of carbonyl (C=O) groups excluding carboxylic acids is 4. The standard InChI is InChI=1S/C24H31N5O6.C2H6/c1-24(2,3)35-23(33)29-12-10-28(11-13-29)19(31)14-34-17-7-5-6-15-20(26-27(4)21(15)17)16-8-9-18(30)25-22(16)32;1-2/h5-7,16H,8-14H2,1-4H3,(H,25,30,32);1-2H3. The second-order valence-electron chi connectivity index (χ2n) is 9.80. The lowest BCUT2D eigenvalue weighted by molar-refractivity contribution is -0.135. The lowest BCUT2D eigenvalue weighted by Gasteiger charge is -2.35. The molecule has 1 aromatic heterocycles. The molecule has 0 spiro atoms. The molecule has 1 unspecified atom stereocenters. The van der Waals surface area contributed by atoms with Crippen LogP contribution in [-0.4, -0.2) is 81.8 Å². The molecule has 2 fully saturated rings. The first kappa shape index (κ1) is 27.9. The van der Waals surface area contributed by atoms with Crippen LogP contribution in [0.2, 0.25) is 0 Å². The predicted molar refractivity (Wildman–Crippen MR) is 137 cm³/mol. The van der Waals surface area contributed by atoms with E-state index in [4.69, 9.17) is 9.47 Å². The summed E-state index contributed by atoms with van der Waals surface area (Å²) in [5.41, 5.74) is 0.695. The van der Waals surface area contributed by atoms with Crippen LogP contribution >= 0.6 is 0 Å². The number of aryl methyl sites for hydroxylation is 1. The molecular formula is C26H37N5O6. The van der Waals surface area contributed by atoms with E-state index in [9.17, 15) is 19.2 Å². The minimum atomic E-state index is -0.567. The molecule has 1 aromatic carbocycles. The fourth-order valence-corrected chi connectivity index (χ4v) is 4.35. The summed E-state index contributed by atoms with van der Waals surface area (Å²) in [4.78, 5) is 52.2. The van der Waals surface area contributed by atoms with Gasteiger partial charge in [0, 0.05) is 45.0 Å². The third kappa shape index (κ3) is 6.58. The summed E-state index contributed by atoms with van der Waals surface area (Å²) in [7, 11) is 1.75. The number of imide groups is 1. The number of ether oxygens (including phenoxy) is 2. The summed E-state index contributed by atoms with van der Waals surface area (Å²) in [6.07, 6.45) is 0.284. The van der Waals surface area contributed by atoms with Gasteiger partial charge >= 0.3 is 6.09 Å². The van der Waals surface area contributed by atoms with E-state index < -0.39 is 11.5 Å². The van der Waals surface area contributed by atoms with Crippen molar-refractivity contribution in [1.29, 1.82) is 0 Å². The number of benzene rings is 1. The minimum absolute atomic E-state index is 0.162. The van der Waals surface area contributed by atoms with Crippen molar-refractivity contribution in [1.82, 2.24) is 24.9 Å². The van der Waals surface area contributed by atoms with E-state index >= 15 is 0 Å². The number of piperazine rings is 1. The van der Waals surface area contributed by atoms with E-state index in [-0.39, 0.29) is 36.8 Å². The zero-order valence-corrected chi connectivity index (χ0v) is 22.5. The van der Waals surface area contributed by atoms with Gasteiger partial charge in [-0.25, -0.2) is 4.79 Å². The van der Waals surface area contributed by atoms with E-state index in [2.05, 4.69) is 10.4 Å². The van der Waals surface area contributed by atoms with Crippen molar-refractivity contribution in [2.45, 2.75) is 59.0 Å². The Kier molecular flexibility index (Phi) is 8.77. The average Bonchev–Trinajstić information content (AvgIpc) is 3.19. The molecule has 4 amide bonds. The van der Waals surface area contributed by atoms with Crippen LogP contribution in [0, 0.1) is 0 Å². The van der Waals surface area contributed by atoms with Gasteiger partial charge in [-0.2, -0.15) is 5.10 Å². The molecular weight excluding hydrogens is 478 g/mol. The number of rotatable bonds is 4. The van der Waals surface area contributed by atoms with Gasteiger partial charge in [-0.1, -0.05) is 26.0 Å². The number of aromatic nitrogens is 2. The molecule has 202 valence electrons. The third-order valence-electron chi connectivity index (χ3n) is 6.06. The van der Waals surface area contributed by atoms with Crippen LogP contribution in [0.1, 0.15) is 59.1 Å². The molecule has 2 aliphatic rings. The molecule has 2 saturated heterocycles. The molecule has 2 aliphatic heterocycles. The first-order valence-corrected chi connectivity index (χ1v) is 12.7. The first-order valence-electron chi connectivity index (χ1n) is 12.7. The van der Waals surface area contributed by atoms with Gasteiger partial charge in [0.05, 0.1) is 11.6 Å². The Morgan fingerprint density at radius 2 is 1.73 bits per heavy atom. The van der Waals surface area contributed by atoms with Crippen molar-refractivity contribution in [3.05, 3.63) is 23.9 Å². The van der Waals surface area contributed by atoms with Crippen LogP contribution in [0.4, 0.5) is 4.79 Å². The van der Waals surface area contributed by atoms with Crippen LogP contribution in [0.5, 0.6) is 5.75 Å². The highest BCUT2D eigenvalue weighted by Crippen LogP contribution is 2.34. The summed E-state index contributed by atoms with van der Waals surface area (Å²) < 4.78 is 12.9. The molecule has 0 aliphatic carbocycles. The number of piperidine rings is 1. The minimum Gasteiger partial charge on any atom is -0.481 e. The smallest absolute Gasteiger partial charge is 0.410 e. The third-order valence-corrected chi connectivity index (χ3v) is 6.06. The van der Waals surface area contributed by atoms with Crippen molar-refractivity contribution < 1.29 is 28.7 Å². The largest absolute Gasteiger partial charge is 0.481 e. The molecule has 0 saturated carbocycles. The molecule has 3 heterocycles. The molecule has 2 aromatic rings. The molecule has 11 heteroatoms. The molecule has 11 nitrogen and oxygen atoms in total. The van der Waals surface area contributed by atoms with Crippen molar-refractivity contribution in [2.75, 3.05) is 32.8 Å². The molecule has 4 rings (SSSR count). The summed E-state index contributed by atoms with van der Waals surface area (Å²) in [6.45, 7) is 10.9. The molecule has 1 N–H and O–H groups in total. The zero-order chi connectivity index (χ0) is 27.3. The number of para-hydroxylation sites is 1. The van der Waals surface area contributed by atoms with Crippen LogP contribution in [0.25, 0.3) is 10.9 Å². The monoisotopic (exact) mass is 515 g/mol. The molecule has 1 atom stereocenters. The van der Waals surface area contributed by atoms with Crippen LogP contribution in [0.3, 0.4) is 0 Å².